The number of amides is 3. The summed E-state index contributed by atoms with van der Waals surface area (Å²) < 4.78 is 26.4. The summed E-state index contributed by atoms with van der Waals surface area (Å²) in [6, 6.07) is 12.8. The lowest BCUT2D eigenvalue weighted by Gasteiger charge is -2.30. The standard InChI is InChI=1S/C25H31N3O5S/c1-17(2)15-26-24(30)19(4)27(16-20-10-6-5-9-18(20)3)23(29)13-14-28-25(31)21-11-7-8-12-22(21)34(28,32)33/h5-12,17,19H,13-16H2,1-4H3,(H,26,30). The van der Waals surface area contributed by atoms with E-state index in [1.807, 2.05) is 45.0 Å². The van der Waals surface area contributed by atoms with E-state index in [0.29, 0.717) is 6.54 Å². The molecule has 0 fully saturated rings. The van der Waals surface area contributed by atoms with E-state index in [1.165, 1.54) is 17.0 Å². The van der Waals surface area contributed by atoms with Crippen LogP contribution >= 0.6 is 0 Å². The van der Waals surface area contributed by atoms with Gasteiger partial charge in [-0.15, -0.1) is 0 Å². The predicted molar refractivity (Wildman–Crippen MR) is 128 cm³/mol. The van der Waals surface area contributed by atoms with E-state index in [9.17, 15) is 22.8 Å². The third-order valence-corrected chi connectivity index (χ3v) is 7.74. The molecular weight excluding hydrogens is 454 g/mol. The lowest BCUT2D eigenvalue weighted by Crippen LogP contribution is -2.49. The molecule has 0 bridgehead atoms. The molecule has 182 valence electrons. The zero-order chi connectivity index (χ0) is 25.0. The van der Waals surface area contributed by atoms with E-state index in [-0.39, 0.29) is 41.8 Å². The highest BCUT2D eigenvalue weighted by atomic mass is 32.2. The summed E-state index contributed by atoms with van der Waals surface area (Å²) in [5, 5.41) is 2.85. The Balaban J connectivity index is 1.79. The molecule has 1 aliphatic rings. The number of nitrogens with zero attached hydrogens (tertiary/aromatic N) is 2. The van der Waals surface area contributed by atoms with Gasteiger partial charge in [0.2, 0.25) is 11.8 Å². The molecule has 1 unspecified atom stereocenters. The Hall–Kier alpha value is -3.20. The highest BCUT2D eigenvalue weighted by Crippen LogP contribution is 2.30. The Bertz CT molecular complexity index is 1190. The zero-order valence-corrected chi connectivity index (χ0v) is 20.8. The van der Waals surface area contributed by atoms with Gasteiger partial charge in [-0.3, -0.25) is 14.4 Å². The van der Waals surface area contributed by atoms with Crippen molar-refractivity contribution in [1.82, 2.24) is 14.5 Å². The molecule has 34 heavy (non-hydrogen) atoms. The molecule has 2 aromatic rings. The Kier molecular flexibility index (Phi) is 7.76. The van der Waals surface area contributed by atoms with E-state index in [4.69, 9.17) is 0 Å². The first-order valence-corrected chi connectivity index (χ1v) is 12.8. The number of hydrogen-bond donors (Lipinski definition) is 1. The highest BCUT2D eigenvalue weighted by molar-refractivity contribution is 7.90. The summed E-state index contributed by atoms with van der Waals surface area (Å²) in [6.07, 6.45) is -0.230. The van der Waals surface area contributed by atoms with Gasteiger partial charge >= 0.3 is 0 Å². The second kappa shape index (κ2) is 10.4. The fourth-order valence-corrected chi connectivity index (χ4v) is 5.37. The summed E-state index contributed by atoms with van der Waals surface area (Å²) >= 11 is 0. The second-order valence-corrected chi connectivity index (χ2v) is 10.7. The van der Waals surface area contributed by atoms with Gasteiger partial charge in [-0.25, -0.2) is 12.7 Å². The molecule has 0 saturated carbocycles. The van der Waals surface area contributed by atoms with Crippen LogP contribution in [0.5, 0.6) is 0 Å². The van der Waals surface area contributed by atoms with Gasteiger partial charge in [-0.05, 0) is 43.0 Å². The monoisotopic (exact) mass is 485 g/mol. The zero-order valence-electron chi connectivity index (χ0n) is 19.9. The number of fused-ring (bicyclic) bond motifs is 1. The second-order valence-electron chi connectivity index (χ2n) is 8.89. The first kappa shape index (κ1) is 25.4. The SMILES string of the molecule is Cc1ccccc1CN(C(=O)CCN1C(=O)c2ccccc2S1(=O)=O)C(C)C(=O)NCC(C)C. The molecule has 0 aromatic heterocycles. The van der Waals surface area contributed by atoms with Gasteiger partial charge in [0.05, 0.1) is 5.56 Å². The molecule has 0 spiro atoms. The molecule has 0 saturated heterocycles. The largest absolute Gasteiger partial charge is 0.354 e. The molecule has 1 aliphatic heterocycles. The summed E-state index contributed by atoms with van der Waals surface area (Å²) in [5.74, 6) is -1.08. The predicted octanol–water partition coefficient (Wildman–Crippen LogP) is 2.72. The fourth-order valence-electron chi connectivity index (χ4n) is 3.80. The minimum Gasteiger partial charge on any atom is -0.354 e. The van der Waals surface area contributed by atoms with Crippen molar-refractivity contribution < 1.29 is 22.8 Å². The number of carbonyl (C=O) groups excluding carboxylic acids is 3. The quantitative estimate of drug-likeness (QED) is 0.588. The third kappa shape index (κ3) is 5.30. The minimum absolute atomic E-state index is 0.0503. The van der Waals surface area contributed by atoms with E-state index in [0.717, 1.165) is 15.4 Å². The van der Waals surface area contributed by atoms with Crippen LogP contribution in [0.2, 0.25) is 0 Å². The van der Waals surface area contributed by atoms with Crippen molar-refractivity contribution in [3.63, 3.8) is 0 Å². The van der Waals surface area contributed by atoms with Crippen LogP contribution in [0.3, 0.4) is 0 Å². The molecule has 1 heterocycles. The summed E-state index contributed by atoms with van der Waals surface area (Å²) in [7, 11) is -4.00. The van der Waals surface area contributed by atoms with Crippen LogP contribution < -0.4 is 5.32 Å². The minimum atomic E-state index is -4.00. The van der Waals surface area contributed by atoms with Gasteiger partial charge in [0.25, 0.3) is 15.9 Å². The Morgan fingerprint density at radius 1 is 1.03 bits per heavy atom. The smallest absolute Gasteiger partial charge is 0.269 e. The molecule has 1 atom stereocenters. The summed E-state index contributed by atoms with van der Waals surface area (Å²) in [4.78, 5) is 40.1. The number of aryl methyl sites for hydroxylation is 1. The lowest BCUT2D eigenvalue weighted by atomic mass is 10.1. The maximum atomic E-state index is 13.3. The van der Waals surface area contributed by atoms with Crippen molar-refractivity contribution in [2.24, 2.45) is 5.92 Å². The van der Waals surface area contributed by atoms with E-state index in [2.05, 4.69) is 5.32 Å². The van der Waals surface area contributed by atoms with Gasteiger partial charge in [0, 0.05) is 26.1 Å². The topological polar surface area (TPSA) is 104 Å². The molecule has 3 rings (SSSR count). The van der Waals surface area contributed by atoms with Gasteiger partial charge < -0.3 is 10.2 Å². The number of carbonyl (C=O) groups is 3. The van der Waals surface area contributed by atoms with Crippen LogP contribution in [0.15, 0.2) is 53.4 Å². The first-order valence-electron chi connectivity index (χ1n) is 11.3. The van der Waals surface area contributed by atoms with E-state index >= 15 is 0 Å². The molecule has 0 aliphatic carbocycles. The number of hydrogen-bond acceptors (Lipinski definition) is 5. The number of rotatable bonds is 9. The normalized spacial score (nSPS) is 15.2. The van der Waals surface area contributed by atoms with Crippen LogP contribution in [-0.4, -0.2) is 54.5 Å². The third-order valence-electron chi connectivity index (χ3n) is 5.89. The van der Waals surface area contributed by atoms with Crippen LogP contribution in [-0.2, 0) is 26.2 Å². The van der Waals surface area contributed by atoms with Gasteiger partial charge in [0.1, 0.15) is 10.9 Å². The van der Waals surface area contributed by atoms with Crippen molar-refractivity contribution in [2.75, 3.05) is 13.1 Å². The van der Waals surface area contributed by atoms with Crippen LogP contribution in [0.25, 0.3) is 0 Å². The molecule has 1 N–H and O–H groups in total. The van der Waals surface area contributed by atoms with E-state index in [1.54, 1.807) is 19.1 Å². The maximum absolute atomic E-state index is 13.3. The van der Waals surface area contributed by atoms with Gasteiger partial charge in [-0.1, -0.05) is 50.2 Å². The molecule has 3 amide bonds. The van der Waals surface area contributed by atoms with Crippen molar-refractivity contribution in [2.45, 2.75) is 51.6 Å². The van der Waals surface area contributed by atoms with Crippen molar-refractivity contribution in [1.29, 1.82) is 0 Å². The molecule has 0 radical (unpaired) electrons. The number of nitrogens with one attached hydrogen (secondary N) is 1. The van der Waals surface area contributed by atoms with Crippen molar-refractivity contribution in [3.8, 4) is 0 Å². The van der Waals surface area contributed by atoms with Gasteiger partial charge in [-0.2, -0.15) is 0 Å². The molecule has 9 heteroatoms. The Morgan fingerprint density at radius 3 is 2.32 bits per heavy atom. The fraction of sp³-hybridized carbons (Fsp3) is 0.400. The summed E-state index contributed by atoms with van der Waals surface area (Å²) in [6.45, 7) is 7.92. The Labute approximate surface area is 201 Å². The molecule has 2 aromatic carbocycles. The van der Waals surface area contributed by atoms with Crippen molar-refractivity contribution >= 4 is 27.7 Å². The average Bonchev–Trinajstić information content (AvgIpc) is 3.00. The Morgan fingerprint density at radius 2 is 1.68 bits per heavy atom. The van der Waals surface area contributed by atoms with Gasteiger partial charge in [0.15, 0.2) is 0 Å². The maximum Gasteiger partial charge on any atom is 0.269 e. The van der Waals surface area contributed by atoms with Crippen LogP contribution in [0.4, 0.5) is 0 Å². The van der Waals surface area contributed by atoms with E-state index < -0.39 is 27.9 Å². The van der Waals surface area contributed by atoms with Crippen LogP contribution in [0.1, 0.15) is 48.7 Å². The number of benzene rings is 2. The number of sulfonamides is 1. The van der Waals surface area contributed by atoms with Crippen LogP contribution in [0, 0.1) is 12.8 Å². The average molecular weight is 486 g/mol. The highest BCUT2D eigenvalue weighted by Gasteiger charge is 2.41. The van der Waals surface area contributed by atoms with Crippen molar-refractivity contribution in [3.05, 3.63) is 65.2 Å². The first-order chi connectivity index (χ1) is 16.0. The summed E-state index contributed by atoms with van der Waals surface area (Å²) in [5.41, 5.74) is 1.97. The molecule has 8 nitrogen and oxygen atoms in total. The molecular formula is C25H31N3O5S. The lowest BCUT2D eigenvalue weighted by molar-refractivity contribution is -0.140.